The number of carbonyl (C=O) groups is 1. The van der Waals surface area contributed by atoms with Gasteiger partial charge in [-0.05, 0) is 30.9 Å². The van der Waals surface area contributed by atoms with Gasteiger partial charge in [-0.25, -0.2) is 0 Å². The van der Waals surface area contributed by atoms with Gasteiger partial charge in [-0.1, -0.05) is 41.6 Å². The van der Waals surface area contributed by atoms with Crippen molar-refractivity contribution in [3.05, 3.63) is 71.4 Å². The van der Waals surface area contributed by atoms with Gasteiger partial charge in [-0.2, -0.15) is 5.10 Å². The third-order valence-corrected chi connectivity index (χ3v) is 5.68. The maximum Gasteiger partial charge on any atom is 0.227 e. The Kier molecular flexibility index (Phi) is 5.57. The van der Waals surface area contributed by atoms with Gasteiger partial charge >= 0.3 is 0 Å². The van der Waals surface area contributed by atoms with E-state index in [0.717, 1.165) is 27.4 Å². The molecule has 7 heteroatoms. The van der Waals surface area contributed by atoms with Gasteiger partial charge in [0.25, 0.3) is 0 Å². The highest BCUT2D eigenvalue weighted by Crippen LogP contribution is 2.34. The minimum atomic E-state index is -0.196. The summed E-state index contributed by atoms with van der Waals surface area (Å²) in [6, 6.07) is 15.8. The Bertz CT molecular complexity index is 1080. The molecule has 0 aliphatic heterocycles. The van der Waals surface area contributed by atoms with Crippen molar-refractivity contribution < 1.29 is 9.32 Å². The van der Waals surface area contributed by atoms with Crippen molar-refractivity contribution in [1.82, 2.24) is 20.3 Å². The normalized spacial score (nSPS) is 12.1. The highest BCUT2D eigenvalue weighted by molar-refractivity contribution is 7.13. The monoisotopic (exact) mass is 406 g/mol. The van der Waals surface area contributed by atoms with E-state index in [-0.39, 0.29) is 11.8 Å². The highest BCUT2D eigenvalue weighted by atomic mass is 32.1. The summed E-state index contributed by atoms with van der Waals surface area (Å²) in [7, 11) is 0. The molecule has 0 radical (unpaired) electrons. The summed E-state index contributed by atoms with van der Waals surface area (Å²) in [5.74, 6) is 0.504. The average Bonchev–Trinajstić information content (AvgIpc) is 3.48. The number of aryl methyl sites for hydroxylation is 1. The van der Waals surface area contributed by atoms with Gasteiger partial charge in [0.05, 0.1) is 40.5 Å². The fourth-order valence-corrected chi connectivity index (χ4v) is 4.02. The Morgan fingerprint density at radius 3 is 2.76 bits per heavy atom. The molecule has 0 aliphatic carbocycles. The molecular formula is C22H22N4O2S. The molecule has 0 saturated heterocycles. The minimum Gasteiger partial charge on any atom is -0.356 e. The van der Waals surface area contributed by atoms with E-state index in [9.17, 15) is 4.79 Å². The summed E-state index contributed by atoms with van der Waals surface area (Å²) in [6.45, 7) is 4.87. The van der Waals surface area contributed by atoms with Crippen LogP contribution in [-0.2, 0) is 11.3 Å². The van der Waals surface area contributed by atoms with Gasteiger partial charge in [0.2, 0.25) is 5.91 Å². The molecule has 0 aliphatic rings. The number of rotatable bonds is 7. The molecule has 0 fully saturated rings. The Hall–Kier alpha value is -3.19. The van der Waals surface area contributed by atoms with Gasteiger partial charge in [-0.15, -0.1) is 11.3 Å². The SMILES string of the molecule is Cc1cc(-c2cnn(CCNC(=O)[C@H](C)c3ccccc3)c2-c2cccs2)on1. The van der Waals surface area contributed by atoms with Crippen LogP contribution in [0.1, 0.15) is 24.1 Å². The molecule has 1 N–H and O–H groups in total. The molecule has 1 atom stereocenters. The lowest BCUT2D eigenvalue weighted by atomic mass is 10.0. The molecule has 0 unspecified atom stereocenters. The van der Waals surface area contributed by atoms with E-state index in [0.29, 0.717) is 18.8 Å². The summed E-state index contributed by atoms with van der Waals surface area (Å²) >= 11 is 1.64. The Balaban J connectivity index is 1.49. The Morgan fingerprint density at radius 1 is 1.24 bits per heavy atom. The fourth-order valence-electron chi connectivity index (χ4n) is 3.23. The zero-order valence-corrected chi connectivity index (χ0v) is 17.1. The molecule has 0 spiro atoms. The van der Waals surface area contributed by atoms with Gasteiger partial charge in [0.1, 0.15) is 0 Å². The largest absolute Gasteiger partial charge is 0.356 e. The number of hydrogen-bond donors (Lipinski definition) is 1. The number of amides is 1. The molecule has 3 heterocycles. The van der Waals surface area contributed by atoms with Gasteiger partial charge in [0.15, 0.2) is 5.76 Å². The van der Waals surface area contributed by atoms with Crippen LogP contribution in [0.15, 0.2) is 64.6 Å². The molecule has 4 aromatic rings. The number of thiophene rings is 1. The lowest BCUT2D eigenvalue weighted by Crippen LogP contribution is -2.31. The first-order valence-electron chi connectivity index (χ1n) is 9.49. The first-order valence-corrected chi connectivity index (χ1v) is 10.4. The van der Waals surface area contributed by atoms with Crippen molar-refractivity contribution in [3.8, 4) is 21.9 Å². The summed E-state index contributed by atoms with van der Waals surface area (Å²) in [4.78, 5) is 13.6. The number of nitrogens with zero attached hydrogens (tertiary/aromatic N) is 3. The van der Waals surface area contributed by atoms with Crippen molar-refractivity contribution in [3.63, 3.8) is 0 Å². The van der Waals surface area contributed by atoms with Gasteiger partial charge in [-0.3, -0.25) is 9.48 Å². The molecule has 29 heavy (non-hydrogen) atoms. The maximum atomic E-state index is 12.5. The summed E-state index contributed by atoms with van der Waals surface area (Å²) in [6.07, 6.45) is 1.80. The van der Waals surface area contributed by atoms with Crippen LogP contribution in [0.2, 0.25) is 0 Å². The Labute approximate surface area is 173 Å². The third-order valence-electron chi connectivity index (χ3n) is 4.80. The number of aromatic nitrogens is 3. The molecule has 1 aromatic carbocycles. The van der Waals surface area contributed by atoms with Crippen LogP contribution < -0.4 is 5.32 Å². The second-order valence-electron chi connectivity index (χ2n) is 6.86. The summed E-state index contributed by atoms with van der Waals surface area (Å²) in [5, 5.41) is 13.6. The molecule has 0 bridgehead atoms. The standard InChI is InChI=1S/C22H22N4O2S/c1-15-13-19(28-25-15)18-14-24-26(21(18)20-9-6-12-29-20)11-10-23-22(27)16(2)17-7-4-3-5-8-17/h3-9,12-14,16H,10-11H2,1-2H3,(H,23,27)/t16-/m1/s1. The topological polar surface area (TPSA) is 73.0 Å². The van der Waals surface area contributed by atoms with Crippen LogP contribution >= 0.6 is 11.3 Å². The van der Waals surface area contributed by atoms with Crippen molar-refractivity contribution in [1.29, 1.82) is 0 Å². The first-order chi connectivity index (χ1) is 14.1. The van der Waals surface area contributed by atoms with Crippen molar-refractivity contribution in [2.24, 2.45) is 0 Å². The minimum absolute atomic E-state index is 0.00659. The van der Waals surface area contributed by atoms with Crippen LogP contribution in [0, 0.1) is 6.92 Å². The molecule has 3 aromatic heterocycles. The van der Waals surface area contributed by atoms with Crippen LogP contribution in [0.25, 0.3) is 21.9 Å². The summed E-state index contributed by atoms with van der Waals surface area (Å²) < 4.78 is 7.37. The van der Waals surface area contributed by atoms with E-state index >= 15 is 0 Å². The predicted octanol–water partition coefficient (Wildman–Crippen LogP) is 4.49. The molecular weight excluding hydrogens is 384 g/mol. The second-order valence-corrected chi connectivity index (χ2v) is 7.81. The van der Waals surface area contributed by atoms with E-state index < -0.39 is 0 Å². The average molecular weight is 407 g/mol. The van der Waals surface area contributed by atoms with Crippen LogP contribution in [-0.4, -0.2) is 27.4 Å². The molecule has 148 valence electrons. The number of hydrogen-bond acceptors (Lipinski definition) is 5. The first kappa shape index (κ1) is 19.1. The van der Waals surface area contributed by atoms with E-state index in [1.54, 1.807) is 17.5 Å². The zero-order valence-electron chi connectivity index (χ0n) is 16.3. The van der Waals surface area contributed by atoms with Crippen LogP contribution in [0.4, 0.5) is 0 Å². The molecule has 0 saturated carbocycles. The lowest BCUT2D eigenvalue weighted by molar-refractivity contribution is -0.122. The zero-order chi connectivity index (χ0) is 20.2. The van der Waals surface area contributed by atoms with Crippen molar-refractivity contribution in [2.75, 3.05) is 6.54 Å². The van der Waals surface area contributed by atoms with Crippen molar-refractivity contribution >= 4 is 17.2 Å². The summed E-state index contributed by atoms with van der Waals surface area (Å²) in [5.41, 5.74) is 3.71. The van der Waals surface area contributed by atoms with Crippen molar-refractivity contribution in [2.45, 2.75) is 26.3 Å². The lowest BCUT2D eigenvalue weighted by Gasteiger charge is -2.13. The predicted molar refractivity (Wildman–Crippen MR) is 114 cm³/mol. The van der Waals surface area contributed by atoms with Crippen LogP contribution in [0.3, 0.4) is 0 Å². The molecule has 6 nitrogen and oxygen atoms in total. The number of benzene rings is 1. The smallest absolute Gasteiger partial charge is 0.227 e. The third kappa shape index (κ3) is 4.14. The second kappa shape index (κ2) is 8.45. The quantitative estimate of drug-likeness (QED) is 0.491. The van der Waals surface area contributed by atoms with E-state index in [4.69, 9.17) is 4.52 Å². The fraction of sp³-hybridized carbons (Fsp3) is 0.227. The molecule has 4 rings (SSSR count). The van der Waals surface area contributed by atoms with Crippen LogP contribution in [0.5, 0.6) is 0 Å². The van der Waals surface area contributed by atoms with Gasteiger partial charge in [0, 0.05) is 12.6 Å². The highest BCUT2D eigenvalue weighted by Gasteiger charge is 2.19. The van der Waals surface area contributed by atoms with E-state index in [2.05, 4.69) is 21.6 Å². The van der Waals surface area contributed by atoms with E-state index in [1.165, 1.54) is 0 Å². The Morgan fingerprint density at radius 2 is 2.07 bits per heavy atom. The number of nitrogens with one attached hydrogen (secondary N) is 1. The van der Waals surface area contributed by atoms with Gasteiger partial charge < -0.3 is 9.84 Å². The van der Waals surface area contributed by atoms with E-state index in [1.807, 2.05) is 66.4 Å². The maximum absolute atomic E-state index is 12.5. The molecule has 1 amide bonds. The number of carbonyl (C=O) groups excluding carboxylic acids is 1.